The van der Waals surface area contributed by atoms with Gasteiger partial charge >= 0.3 is 5.97 Å². The molecule has 128 valence electrons. The average Bonchev–Trinajstić information content (AvgIpc) is 2.45. The summed E-state index contributed by atoms with van der Waals surface area (Å²) in [6.45, 7) is 10.2. The van der Waals surface area contributed by atoms with Crippen molar-refractivity contribution in [3.8, 4) is 0 Å². The summed E-state index contributed by atoms with van der Waals surface area (Å²) >= 11 is 0. The van der Waals surface area contributed by atoms with Crippen molar-refractivity contribution < 1.29 is 9.53 Å². The number of nitrogens with one attached hydrogen (secondary N) is 2. The van der Waals surface area contributed by atoms with Gasteiger partial charge in [0.25, 0.3) is 0 Å². The molecule has 0 spiro atoms. The zero-order valence-electron chi connectivity index (χ0n) is 14.8. The van der Waals surface area contributed by atoms with Crippen molar-refractivity contribution in [3.05, 3.63) is 41.6 Å². The number of ether oxygens (including phenoxy) is 1. The van der Waals surface area contributed by atoms with Gasteiger partial charge in [-0.05, 0) is 58.9 Å². The minimum absolute atomic E-state index is 0.119. The molecule has 2 rings (SSSR count). The van der Waals surface area contributed by atoms with E-state index in [1.54, 1.807) is 19.1 Å². The number of carbonyl (C=O) groups is 1. The van der Waals surface area contributed by atoms with E-state index in [1.165, 1.54) is 0 Å². The third-order valence-corrected chi connectivity index (χ3v) is 3.01. The van der Waals surface area contributed by atoms with Crippen LogP contribution in [0.25, 0.3) is 0 Å². The van der Waals surface area contributed by atoms with Crippen LogP contribution in [0.1, 0.15) is 43.7 Å². The molecule has 1 heterocycles. The number of rotatable bonds is 5. The number of benzene rings is 1. The van der Waals surface area contributed by atoms with Gasteiger partial charge in [0.15, 0.2) is 0 Å². The van der Waals surface area contributed by atoms with Crippen molar-refractivity contribution in [2.75, 3.05) is 17.2 Å². The first-order valence-electron chi connectivity index (χ1n) is 7.95. The van der Waals surface area contributed by atoms with Crippen LogP contribution in [0.15, 0.2) is 30.3 Å². The molecule has 0 saturated carbocycles. The van der Waals surface area contributed by atoms with Gasteiger partial charge in [0, 0.05) is 23.0 Å². The summed E-state index contributed by atoms with van der Waals surface area (Å²) < 4.78 is 4.98. The summed E-state index contributed by atoms with van der Waals surface area (Å²) in [5.74, 6) is 0.949. The van der Waals surface area contributed by atoms with Crippen LogP contribution in [-0.4, -0.2) is 28.1 Å². The van der Waals surface area contributed by atoms with E-state index in [2.05, 4.69) is 41.4 Å². The van der Waals surface area contributed by atoms with E-state index in [-0.39, 0.29) is 11.5 Å². The van der Waals surface area contributed by atoms with Gasteiger partial charge in [-0.2, -0.15) is 4.98 Å². The molecule has 0 aliphatic carbocycles. The number of aromatic nitrogens is 2. The second-order valence-electron chi connectivity index (χ2n) is 6.52. The number of aryl methyl sites for hydroxylation is 1. The van der Waals surface area contributed by atoms with E-state index < -0.39 is 0 Å². The summed E-state index contributed by atoms with van der Waals surface area (Å²) in [5, 5.41) is 6.49. The normalized spacial score (nSPS) is 11.0. The predicted octanol–water partition coefficient (Wildman–Crippen LogP) is 3.92. The first kappa shape index (κ1) is 17.7. The Kier molecular flexibility index (Phi) is 5.39. The third-order valence-electron chi connectivity index (χ3n) is 3.01. The Morgan fingerprint density at radius 1 is 1.17 bits per heavy atom. The van der Waals surface area contributed by atoms with Crippen LogP contribution in [0, 0.1) is 6.92 Å². The SMILES string of the molecule is CCOC(=O)c1ccc(Nc2cc(C)nc(NC(C)(C)C)n2)cc1. The highest BCUT2D eigenvalue weighted by atomic mass is 16.5. The molecule has 1 aromatic carbocycles. The second kappa shape index (κ2) is 7.29. The van der Waals surface area contributed by atoms with Crippen LogP contribution in [0.3, 0.4) is 0 Å². The zero-order chi connectivity index (χ0) is 17.7. The molecular formula is C18H24N4O2. The fourth-order valence-electron chi connectivity index (χ4n) is 2.08. The van der Waals surface area contributed by atoms with Crippen LogP contribution >= 0.6 is 0 Å². The highest BCUT2D eigenvalue weighted by Crippen LogP contribution is 2.19. The highest BCUT2D eigenvalue weighted by molar-refractivity contribution is 5.89. The number of hydrogen-bond donors (Lipinski definition) is 2. The monoisotopic (exact) mass is 328 g/mol. The summed E-state index contributed by atoms with van der Waals surface area (Å²) in [4.78, 5) is 20.5. The molecule has 0 unspecified atom stereocenters. The molecule has 0 bridgehead atoms. The van der Waals surface area contributed by atoms with Crippen molar-refractivity contribution in [2.45, 2.75) is 40.2 Å². The van der Waals surface area contributed by atoms with Crippen LogP contribution in [0.4, 0.5) is 17.5 Å². The molecule has 1 aromatic heterocycles. The van der Waals surface area contributed by atoms with Gasteiger partial charge in [0.2, 0.25) is 5.95 Å². The summed E-state index contributed by atoms with van der Waals surface area (Å²) in [6, 6.07) is 8.96. The molecule has 0 atom stereocenters. The Labute approximate surface area is 142 Å². The first-order chi connectivity index (χ1) is 11.3. The minimum atomic E-state index is -0.321. The minimum Gasteiger partial charge on any atom is -0.462 e. The molecular weight excluding hydrogens is 304 g/mol. The number of esters is 1. The maximum atomic E-state index is 11.7. The molecule has 0 fully saturated rings. The molecule has 2 aromatic rings. The lowest BCUT2D eigenvalue weighted by molar-refractivity contribution is 0.0526. The van der Waals surface area contributed by atoms with E-state index >= 15 is 0 Å². The Hall–Kier alpha value is -2.63. The smallest absolute Gasteiger partial charge is 0.338 e. The molecule has 24 heavy (non-hydrogen) atoms. The topological polar surface area (TPSA) is 76.1 Å². The van der Waals surface area contributed by atoms with Crippen LogP contribution in [0.2, 0.25) is 0 Å². The van der Waals surface area contributed by atoms with E-state index in [4.69, 9.17) is 4.74 Å². The maximum Gasteiger partial charge on any atom is 0.338 e. The summed E-state index contributed by atoms with van der Waals surface area (Å²) in [7, 11) is 0. The standard InChI is InChI=1S/C18H24N4O2/c1-6-24-16(23)13-7-9-14(10-8-13)20-15-11-12(2)19-17(21-15)22-18(3,4)5/h7-11H,6H2,1-5H3,(H2,19,20,21,22). The fourth-order valence-corrected chi connectivity index (χ4v) is 2.08. The lowest BCUT2D eigenvalue weighted by Crippen LogP contribution is -2.27. The van der Waals surface area contributed by atoms with Gasteiger partial charge in [-0.25, -0.2) is 9.78 Å². The Balaban J connectivity index is 2.14. The summed E-state index contributed by atoms with van der Waals surface area (Å²) in [6.07, 6.45) is 0. The van der Waals surface area contributed by atoms with Gasteiger partial charge < -0.3 is 15.4 Å². The molecule has 2 N–H and O–H groups in total. The zero-order valence-corrected chi connectivity index (χ0v) is 14.8. The molecule has 6 nitrogen and oxygen atoms in total. The van der Waals surface area contributed by atoms with Crippen LogP contribution in [0.5, 0.6) is 0 Å². The number of carbonyl (C=O) groups excluding carboxylic acids is 1. The fraction of sp³-hybridized carbons (Fsp3) is 0.389. The maximum absolute atomic E-state index is 11.7. The van der Waals surface area contributed by atoms with Gasteiger partial charge in [0.1, 0.15) is 5.82 Å². The van der Waals surface area contributed by atoms with E-state index in [9.17, 15) is 4.79 Å². The van der Waals surface area contributed by atoms with Crippen molar-refractivity contribution in [3.63, 3.8) is 0 Å². The van der Waals surface area contributed by atoms with Gasteiger partial charge in [-0.15, -0.1) is 0 Å². The Morgan fingerprint density at radius 3 is 2.42 bits per heavy atom. The van der Waals surface area contributed by atoms with E-state index in [1.807, 2.05) is 25.1 Å². The number of hydrogen-bond acceptors (Lipinski definition) is 6. The Morgan fingerprint density at radius 2 is 1.83 bits per heavy atom. The van der Waals surface area contributed by atoms with Gasteiger partial charge in [-0.1, -0.05) is 0 Å². The molecule has 0 radical (unpaired) electrons. The van der Waals surface area contributed by atoms with Crippen molar-refractivity contribution >= 4 is 23.4 Å². The third kappa shape index (κ3) is 5.22. The molecule has 0 amide bonds. The second-order valence-corrected chi connectivity index (χ2v) is 6.52. The predicted molar refractivity (Wildman–Crippen MR) is 95.8 cm³/mol. The van der Waals surface area contributed by atoms with Crippen molar-refractivity contribution in [1.29, 1.82) is 0 Å². The van der Waals surface area contributed by atoms with Crippen LogP contribution in [-0.2, 0) is 4.74 Å². The van der Waals surface area contributed by atoms with E-state index in [0.717, 1.165) is 11.4 Å². The van der Waals surface area contributed by atoms with E-state index in [0.29, 0.717) is 23.9 Å². The van der Waals surface area contributed by atoms with Crippen molar-refractivity contribution in [1.82, 2.24) is 9.97 Å². The lowest BCUT2D eigenvalue weighted by atomic mass is 10.1. The summed E-state index contributed by atoms with van der Waals surface area (Å²) in [5.41, 5.74) is 2.11. The molecule has 0 saturated heterocycles. The number of nitrogens with zero attached hydrogens (tertiary/aromatic N) is 2. The highest BCUT2D eigenvalue weighted by Gasteiger charge is 2.12. The lowest BCUT2D eigenvalue weighted by Gasteiger charge is -2.21. The average molecular weight is 328 g/mol. The first-order valence-corrected chi connectivity index (χ1v) is 7.95. The van der Waals surface area contributed by atoms with Crippen LogP contribution < -0.4 is 10.6 Å². The van der Waals surface area contributed by atoms with Crippen molar-refractivity contribution in [2.24, 2.45) is 0 Å². The van der Waals surface area contributed by atoms with Gasteiger partial charge in [0.05, 0.1) is 12.2 Å². The molecule has 0 aliphatic rings. The number of anilines is 3. The quantitative estimate of drug-likeness (QED) is 0.810. The molecule has 0 aliphatic heterocycles. The largest absolute Gasteiger partial charge is 0.462 e. The van der Waals surface area contributed by atoms with Gasteiger partial charge in [-0.3, -0.25) is 0 Å². The molecule has 6 heteroatoms. The Bertz CT molecular complexity index is 706.